The topological polar surface area (TPSA) is 112 Å². The van der Waals surface area contributed by atoms with Gasteiger partial charge in [0, 0.05) is 6.42 Å². The van der Waals surface area contributed by atoms with Gasteiger partial charge in [0.05, 0.1) is 27.9 Å². The molecule has 0 saturated heterocycles. The normalized spacial score (nSPS) is 18.9. The van der Waals surface area contributed by atoms with Crippen LogP contribution in [0.2, 0.25) is 0 Å². The molecule has 2 atom stereocenters. The van der Waals surface area contributed by atoms with Crippen molar-refractivity contribution in [2.24, 2.45) is 0 Å². The van der Waals surface area contributed by atoms with Crippen molar-refractivity contribution in [3.05, 3.63) is 63.8 Å². The van der Waals surface area contributed by atoms with E-state index in [1.54, 1.807) is 26.8 Å². The Morgan fingerprint density at radius 2 is 1.82 bits per heavy atom. The number of carbonyl (C=O) groups excluding carboxylic acids is 2. The van der Waals surface area contributed by atoms with Crippen LogP contribution >= 0.6 is 46.0 Å². The van der Waals surface area contributed by atoms with Gasteiger partial charge in [0.2, 0.25) is 17.3 Å². The van der Waals surface area contributed by atoms with Crippen LogP contribution < -0.4 is 5.32 Å². The molecule has 10 nitrogen and oxygen atoms in total. The maximum atomic E-state index is 12.8. The lowest BCUT2D eigenvalue weighted by Crippen LogP contribution is -2.38. The van der Waals surface area contributed by atoms with Crippen molar-refractivity contribution in [2.75, 3.05) is 18.5 Å². The first-order valence-corrected chi connectivity index (χ1v) is 14.5. The highest BCUT2D eigenvalue weighted by atomic mass is 127. The van der Waals surface area contributed by atoms with Crippen LogP contribution in [0.1, 0.15) is 45.0 Å². The molecule has 0 fully saturated rings. The number of hydrogen-bond donors (Lipinski definition) is 1. The van der Waals surface area contributed by atoms with Crippen LogP contribution in [-0.4, -0.2) is 50.5 Å². The Balaban J connectivity index is 1.35. The number of aryl methyl sites for hydroxylation is 1. The molecule has 2 aliphatic heterocycles. The highest BCUT2D eigenvalue weighted by Crippen LogP contribution is 2.33. The minimum absolute atomic E-state index is 0.117. The van der Waals surface area contributed by atoms with Gasteiger partial charge in [-0.1, -0.05) is 42.8 Å². The van der Waals surface area contributed by atoms with Crippen molar-refractivity contribution in [1.82, 2.24) is 13.3 Å². The molecule has 0 aromatic carbocycles. The van der Waals surface area contributed by atoms with E-state index < -0.39 is 12.2 Å². The molecule has 1 aromatic rings. The zero-order valence-corrected chi connectivity index (χ0v) is 25.4. The predicted octanol–water partition coefficient (Wildman–Crippen LogP) is 5.59. The van der Waals surface area contributed by atoms with E-state index in [9.17, 15) is 9.59 Å². The van der Waals surface area contributed by atoms with Gasteiger partial charge in [-0.15, -0.1) is 10.2 Å². The summed E-state index contributed by atoms with van der Waals surface area (Å²) < 4.78 is 23.7. The summed E-state index contributed by atoms with van der Waals surface area (Å²) in [7, 11) is 0. The lowest BCUT2D eigenvalue weighted by molar-refractivity contribution is -0.138. The molecule has 38 heavy (non-hydrogen) atoms. The van der Waals surface area contributed by atoms with E-state index in [1.165, 1.54) is 26.2 Å². The summed E-state index contributed by atoms with van der Waals surface area (Å²) in [5.41, 5.74) is 0. The van der Waals surface area contributed by atoms with Crippen molar-refractivity contribution < 1.29 is 28.5 Å². The number of carbonyl (C=O) groups is 2. The zero-order valence-electron chi connectivity index (χ0n) is 21.6. The first kappa shape index (κ1) is 30.0. The van der Waals surface area contributed by atoms with Gasteiger partial charge in [-0.25, -0.2) is 3.11 Å². The molecular formula is C25H31IN4O6S2. The number of rotatable bonds is 12. The van der Waals surface area contributed by atoms with E-state index in [0.717, 1.165) is 35.6 Å². The van der Waals surface area contributed by atoms with Crippen LogP contribution in [0.25, 0.3) is 0 Å². The molecule has 0 radical (unpaired) electrons. The number of nitrogens with zero attached hydrogens (tertiary/aromatic N) is 3. The molecule has 0 spiro atoms. The van der Waals surface area contributed by atoms with Crippen LogP contribution in [0.5, 0.6) is 0 Å². The number of nitrogens with one attached hydrogen (secondary N) is 1. The summed E-state index contributed by atoms with van der Waals surface area (Å²) in [6, 6.07) is 0. The van der Waals surface area contributed by atoms with Crippen LogP contribution in [0.3, 0.4) is 0 Å². The van der Waals surface area contributed by atoms with Gasteiger partial charge < -0.3 is 18.9 Å². The van der Waals surface area contributed by atoms with E-state index in [0.29, 0.717) is 33.2 Å². The molecule has 1 N–H and O–H groups in total. The van der Waals surface area contributed by atoms with Crippen molar-refractivity contribution >= 4 is 62.9 Å². The minimum atomic E-state index is -0.739. The van der Waals surface area contributed by atoms with Crippen molar-refractivity contribution in [2.45, 2.75) is 58.7 Å². The fraction of sp³-hybridized carbons (Fsp3) is 0.440. The van der Waals surface area contributed by atoms with Gasteiger partial charge in [-0.2, -0.15) is 0 Å². The first-order valence-electron chi connectivity index (χ1n) is 11.9. The summed E-state index contributed by atoms with van der Waals surface area (Å²) in [5, 5.41) is 12.8. The van der Waals surface area contributed by atoms with Crippen LogP contribution in [0.4, 0.5) is 5.13 Å². The van der Waals surface area contributed by atoms with E-state index in [1.807, 2.05) is 22.9 Å². The van der Waals surface area contributed by atoms with Gasteiger partial charge in [-0.05, 0) is 51.0 Å². The number of ether oxygens (including phenoxy) is 4. The van der Waals surface area contributed by atoms with Crippen molar-refractivity contribution in [3.8, 4) is 0 Å². The number of hydrogen-bond acceptors (Lipinski definition) is 10. The summed E-state index contributed by atoms with van der Waals surface area (Å²) in [6.45, 7) is 17.4. The summed E-state index contributed by atoms with van der Waals surface area (Å²) in [4.78, 5) is 26.1. The van der Waals surface area contributed by atoms with Gasteiger partial charge in [0.15, 0.2) is 5.76 Å². The Labute approximate surface area is 244 Å². The van der Waals surface area contributed by atoms with Crippen LogP contribution in [0.15, 0.2) is 58.8 Å². The van der Waals surface area contributed by atoms with Gasteiger partial charge >= 0.3 is 0 Å². The van der Waals surface area contributed by atoms with E-state index >= 15 is 0 Å². The molecule has 3 heterocycles. The third kappa shape index (κ3) is 8.24. The van der Waals surface area contributed by atoms with Crippen LogP contribution in [0, 0.1) is 0 Å². The molecule has 2 amide bonds. The Bertz CT molecular complexity index is 1160. The first-order chi connectivity index (χ1) is 18.1. The number of anilines is 1. The largest absolute Gasteiger partial charge is 0.490 e. The van der Waals surface area contributed by atoms with E-state index in [4.69, 9.17) is 18.9 Å². The van der Waals surface area contributed by atoms with Gasteiger partial charge in [0.1, 0.15) is 35.5 Å². The average Bonchev–Trinajstić information content (AvgIpc) is 3.34. The third-order valence-electron chi connectivity index (χ3n) is 5.54. The Morgan fingerprint density at radius 3 is 2.50 bits per heavy atom. The van der Waals surface area contributed by atoms with Crippen molar-refractivity contribution in [1.29, 1.82) is 0 Å². The third-order valence-corrected chi connectivity index (χ3v) is 8.74. The predicted molar refractivity (Wildman–Crippen MR) is 156 cm³/mol. The van der Waals surface area contributed by atoms with Gasteiger partial charge in [0.25, 0.3) is 11.8 Å². The smallest absolute Gasteiger partial charge is 0.280 e. The lowest BCUT2D eigenvalue weighted by Gasteiger charge is -2.28. The average molecular weight is 675 g/mol. The molecule has 13 heteroatoms. The molecule has 0 bridgehead atoms. The molecule has 0 aliphatic carbocycles. The SMILES string of the molecule is C=CC1=C(C)OC(C(=O)N(I)C(=C)SC(=C)CCCCc2nnc(NC(=O)C3COC(C)=C(C)O3)s2)CO1. The molecule has 206 valence electrons. The maximum absolute atomic E-state index is 12.8. The maximum Gasteiger partial charge on any atom is 0.280 e. The Morgan fingerprint density at radius 1 is 1.11 bits per heavy atom. The second-order valence-corrected chi connectivity index (χ2v) is 11.7. The number of thioether (sulfide) groups is 1. The molecular weight excluding hydrogens is 643 g/mol. The van der Waals surface area contributed by atoms with E-state index in [2.05, 4.69) is 35.3 Å². The minimum Gasteiger partial charge on any atom is -0.490 e. The highest BCUT2D eigenvalue weighted by Gasteiger charge is 2.31. The number of unbranched alkanes of at least 4 members (excludes halogenated alkanes) is 1. The standard InChI is InChI=1S/C25H31IN4O6S2/c1-7-19-17(5)36-21(13-34-19)24(32)30(26)18(6)37-14(2)10-8-9-11-22-28-29-25(38-22)27-23(31)20-12-33-15(3)16(4)35-20/h7,20-21H,1-2,6,8-13H2,3-5H3,(H,27,29,31). The van der Waals surface area contributed by atoms with E-state index in [-0.39, 0.29) is 25.0 Å². The quantitative estimate of drug-likeness (QED) is 0.172. The van der Waals surface area contributed by atoms with Crippen LogP contribution in [-0.2, 0) is 35.0 Å². The molecule has 0 saturated carbocycles. The Hall–Kier alpha value is -2.52. The zero-order chi connectivity index (χ0) is 27.8. The highest BCUT2D eigenvalue weighted by molar-refractivity contribution is 14.1. The second kappa shape index (κ2) is 14.0. The molecule has 3 rings (SSSR count). The van der Waals surface area contributed by atoms with Gasteiger partial charge in [-0.3, -0.25) is 14.9 Å². The number of halogens is 1. The Kier molecular flexibility index (Phi) is 11.1. The second-order valence-electron chi connectivity index (χ2n) is 8.42. The number of amides is 2. The number of aromatic nitrogens is 2. The molecule has 2 aliphatic rings. The van der Waals surface area contributed by atoms with Crippen molar-refractivity contribution in [3.63, 3.8) is 0 Å². The molecule has 2 unspecified atom stereocenters. The fourth-order valence-electron chi connectivity index (χ4n) is 3.36. The monoisotopic (exact) mass is 674 g/mol. The molecule has 1 aromatic heterocycles. The number of allylic oxidation sites excluding steroid dienone is 5. The lowest BCUT2D eigenvalue weighted by atomic mass is 10.2. The summed E-state index contributed by atoms with van der Waals surface area (Å²) >= 11 is 4.62. The summed E-state index contributed by atoms with van der Waals surface area (Å²) in [6.07, 6.45) is 3.33. The fourth-order valence-corrected chi connectivity index (χ4v) is 5.50. The summed E-state index contributed by atoms with van der Waals surface area (Å²) in [5.74, 6) is 1.78.